The molecular weight excluding hydrogens is 334 g/mol. The van der Waals surface area contributed by atoms with Gasteiger partial charge in [0.15, 0.2) is 0 Å². The first-order valence-corrected chi connectivity index (χ1v) is 8.59. The van der Waals surface area contributed by atoms with E-state index >= 15 is 0 Å². The summed E-state index contributed by atoms with van der Waals surface area (Å²) in [6.07, 6.45) is -0.284. The van der Waals surface area contributed by atoms with Crippen LogP contribution >= 0.6 is 22.9 Å². The Morgan fingerprint density at radius 3 is 2.38 bits per heavy atom. The second-order valence-corrected chi connectivity index (χ2v) is 7.92. The lowest BCUT2D eigenvalue weighted by atomic mass is 10.3. The number of carboxylic acid groups (broad SMARTS) is 1. The first-order chi connectivity index (χ1) is 9.91. The van der Waals surface area contributed by atoms with Crippen LogP contribution in [0.15, 0.2) is 46.7 Å². The molecule has 112 valence electrons. The van der Waals surface area contributed by atoms with E-state index in [9.17, 15) is 13.2 Å². The van der Waals surface area contributed by atoms with Gasteiger partial charge in [0.1, 0.15) is 4.21 Å². The number of thiophene rings is 1. The second-order valence-electron chi connectivity index (χ2n) is 4.12. The maximum atomic E-state index is 12.6. The van der Waals surface area contributed by atoms with Crippen LogP contribution in [0.25, 0.3) is 0 Å². The number of nitrogens with zero attached hydrogens (tertiary/aromatic N) is 1. The van der Waals surface area contributed by atoms with Crippen LogP contribution in [0.5, 0.6) is 0 Å². The second kappa shape index (κ2) is 6.46. The van der Waals surface area contributed by atoms with Gasteiger partial charge in [-0.2, -0.15) is 0 Å². The average molecular weight is 346 g/mol. The SMILES string of the molecule is O=C(O)CCN(c1ccccc1)S(=O)(=O)c1ccc(Cl)s1. The highest BCUT2D eigenvalue weighted by Crippen LogP contribution is 2.30. The maximum absolute atomic E-state index is 12.6. The van der Waals surface area contributed by atoms with Gasteiger partial charge in [-0.25, -0.2) is 8.42 Å². The van der Waals surface area contributed by atoms with Crippen molar-refractivity contribution in [3.8, 4) is 0 Å². The van der Waals surface area contributed by atoms with Crippen molar-refractivity contribution in [2.45, 2.75) is 10.6 Å². The Morgan fingerprint density at radius 1 is 1.19 bits per heavy atom. The summed E-state index contributed by atoms with van der Waals surface area (Å²) in [5.41, 5.74) is 0.420. The number of carboxylic acids is 1. The number of para-hydroxylation sites is 1. The molecule has 2 rings (SSSR count). The summed E-state index contributed by atoms with van der Waals surface area (Å²) in [4.78, 5) is 10.8. The molecule has 0 aliphatic carbocycles. The molecule has 0 fully saturated rings. The zero-order chi connectivity index (χ0) is 15.5. The van der Waals surface area contributed by atoms with Crippen LogP contribution in [-0.2, 0) is 14.8 Å². The quantitative estimate of drug-likeness (QED) is 0.873. The Bertz CT molecular complexity index is 728. The highest BCUT2D eigenvalue weighted by Gasteiger charge is 2.26. The molecule has 2 aromatic rings. The largest absolute Gasteiger partial charge is 0.481 e. The van der Waals surface area contributed by atoms with Crippen LogP contribution in [0.2, 0.25) is 4.34 Å². The van der Waals surface area contributed by atoms with Gasteiger partial charge in [0.25, 0.3) is 10.0 Å². The molecular formula is C13H12ClNO4S2. The maximum Gasteiger partial charge on any atom is 0.305 e. The van der Waals surface area contributed by atoms with Gasteiger partial charge in [0.2, 0.25) is 0 Å². The zero-order valence-electron chi connectivity index (χ0n) is 10.8. The Hall–Kier alpha value is -1.57. The summed E-state index contributed by atoms with van der Waals surface area (Å²) >= 11 is 6.73. The molecule has 0 saturated carbocycles. The molecule has 1 heterocycles. The van der Waals surface area contributed by atoms with E-state index in [2.05, 4.69) is 0 Å². The van der Waals surface area contributed by atoms with Gasteiger partial charge in [-0.3, -0.25) is 9.10 Å². The van der Waals surface area contributed by atoms with E-state index in [1.807, 2.05) is 0 Å². The number of hydrogen-bond acceptors (Lipinski definition) is 4. The van der Waals surface area contributed by atoms with E-state index < -0.39 is 16.0 Å². The number of halogens is 1. The lowest BCUT2D eigenvalue weighted by molar-refractivity contribution is -0.136. The Kier molecular flexibility index (Phi) is 4.87. The van der Waals surface area contributed by atoms with Crippen LogP contribution in [0.3, 0.4) is 0 Å². The van der Waals surface area contributed by atoms with Crippen LogP contribution in [0.4, 0.5) is 5.69 Å². The van der Waals surface area contributed by atoms with Crippen molar-refractivity contribution >= 4 is 44.6 Å². The Labute approximate surface area is 131 Å². The summed E-state index contributed by atoms with van der Waals surface area (Å²) in [7, 11) is -3.82. The highest BCUT2D eigenvalue weighted by molar-refractivity contribution is 7.94. The van der Waals surface area contributed by atoms with Gasteiger partial charge in [-0.05, 0) is 24.3 Å². The van der Waals surface area contributed by atoms with Crippen LogP contribution in [-0.4, -0.2) is 26.0 Å². The molecule has 5 nitrogen and oxygen atoms in total. The molecule has 8 heteroatoms. The number of hydrogen-bond donors (Lipinski definition) is 1. The number of sulfonamides is 1. The number of anilines is 1. The first kappa shape index (κ1) is 15.8. The molecule has 0 aliphatic rings. The van der Waals surface area contributed by atoms with Crippen molar-refractivity contribution in [3.05, 3.63) is 46.8 Å². The lowest BCUT2D eigenvalue weighted by Crippen LogP contribution is -2.32. The van der Waals surface area contributed by atoms with Crippen LogP contribution < -0.4 is 4.31 Å². The highest BCUT2D eigenvalue weighted by atomic mass is 35.5. The average Bonchev–Trinajstić information content (AvgIpc) is 2.87. The van der Waals surface area contributed by atoms with Crippen molar-refractivity contribution in [2.24, 2.45) is 0 Å². The van der Waals surface area contributed by atoms with Gasteiger partial charge in [-0.15, -0.1) is 11.3 Å². The van der Waals surface area contributed by atoms with Gasteiger partial charge in [0.05, 0.1) is 16.4 Å². The predicted octanol–water partition coefficient (Wildman–Crippen LogP) is 3.07. The number of benzene rings is 1. The molecule has 1 N–H and O–H groups in total. The summed E-state index contributed by atoms with van der Waals surface area (Å²) in [5, 5.41) is 8.81. The fourth-order valence-corrected chi connectivity index (χ4v) is 4.79. The van der Waals surface area contributed by atoms with E-state index in [0.29, 0.717) is 10.0 Å². The van der Waals surface area contributed by atoms with E-state index in [1.165, 1.54) is 12.1 Å². The third-order valence-corrected chi connectivity index (χ3v) is 6.19. The summed E-state index contributed by atoms with van der Waals surface area (Å²) < 4.78 is 26.8. The van der Waals surface area contributed by atoms with E-state index in [-0.39, 0.29) is 17.2 Å². The molecule has 1 aromatic heterocycles. The van der Waals surface area contributed by atoms with Gasteiger partial charge >= 0.3 is 5.97 Å². The number of aliphatic carboxylic acids is 1. The number of rotatable bonds is 6. The Morgan fingerprint density at radius 2 is 1.86 bits per heavy atom. The zero-order valence-corrected chi connectivity index (χ0v) is 13.2. The third-order valence-electron chi connectivity index (χ3n) is 2.67. The van der Waals surface area contributed by atoms with Gasteiger partial charge in [-0.1, -0.05) is 29.8 Å². The van der Waals surface area contributed by atoms with E-state index in [1.54, 1.807) is 30.3 Å². The normalized spacial score (nSPS) is 11.3. The molecule has 0 aliphatic heterocycles. The molecule has 0 unspecified atom stereocenters. The smallest absolute Gasteiger partial charge is 0.305 e. The van der Waals surface area contributed by atoms with Crippen LogP contribution in [0, 0.1) is 0 Å². The molecule has 0 saturated heterocycles. The fourth-order valence-electron chi connectivity index (χ4n) is 1.72. The number of carbonyl (C=O) groups is 1. The summed E-state index contributed by atoms with van der Waals surface area (Å²) in [6, 6.07) is 11.3. The molecule has 0 amide bonds. The van der Waals surface area contributed by atoms with Crippen molar-refractivity contribution in [1.82, 2.24) is 0 Å². The minimum atomic E-state index is -3.82. The van der Waals surface area contributed by atoms with Crippen molar-refractivity contribution in [1.29, 1.82) is 0 Å². The Balaban J connectivity index is 2.41. The minimum absolute atomic E-state index is 0.0849. The summed E-state index contributed by atoms with van der Waals surface area (Å²) in [5.74, 6) is -1.06. The lowest BCUT2D eigenvalue weighted by Gasteiger charge is -2.23. The topological polar surface area (TPSA) is 74.7 Å². The van der Waals surface area contributed by atoms with Crippen LogP contribution in [0.1, 0.15) is 6.42 Å². The summed E-state index contributed by atoms with van der Waals surface area (Å²) in [6.45, 7) is -0.142. The van der Waals surface area contributed by atoms with Gasteiger partial charge in [0, 0.05) is 6.54 Å². The molecule has 1 aromatic carbocycles. The molecule has 0 radical (unpaired) electrons. The standard InChI is InChI=1S/C13H12ClNO4S2/c14-11-6-7-13(20-11)21(18,19)15(9-8-12(16)17)10-4-2-1-3-5-10/h1-7H,8-9H2,(H,16,17). The first-order valence-electron chi connectivity index (χ1n) is 5.96. The minimum Gasteiger partial charge on any atom is -0.481 e. The molecule has 0 bridgehead atoms. The fraction of sp³-hybridized carbons (Fsp3) is 0.154. The van der Waals surface area contributed by atoms with E-state index in [4.69, 9.17) is 16.7 Å². The van der Waals surface area contributed by atoms with Crippen molar-refractivity contribution < 1.29 is 18.3 Å². The molecule has 21 heavy (non-hydrogen) atoms. The molecule has 0 spiro atoms. The monoisotopic (exact) mass is 345 g/mol. The van der Waals surface area contributed by atoms with Gasteiger partial charge < -0.3 is 5.11 Å². The molecule has 0 atom stereocenters. The third kappa shape index (κ3) is 3.75. The van der Waals surface area contributed by atoms with Crippen molar-refractivity contribution in [3.63, 3.8) is 0 Å². The van der Waals surface area contributed by atoms with E-state index in [0.717, 1.165) is 15.6 Å². The predicted molar refractivity (Wildman–Crippen MR) is 82.6 cm³/mol. The van der Waals surface area contributed by atoms with Crippen molar-refractivity contribution in [2.75, 3.05) is 10.8 Å².